The smallest absolute Gasteiger partial charge is 0.131 e. The second kappa shape index (κ2) is 5.89. The molecule has 1 heterocycles. The molecule has 0 fully saturated rings. The van der Waals surface area contributed by atoms with Gasteiger partial charge in [0.2, 0.25) is 0 Å². The normalized spacial score (nSPS) is 16.0. The van der Waals surface area contributed by atoms with Crippen molar-refractivity contribution in [1.29, 1.82) is 0 Å². The molecule has 0 amide bonds. The van der Waals surface area contributed by atoms with Crippen LogP contribution in [0.4, 0.5) is 0 Å². The predicted octanol–water partition coefficient (Wildman–Crippen LogP) is -1.74. The Bertz CT molecular complexity index is 517. The van der Waals surface area contributed by atoms with E-state index in [0.717, 1.165) is 5.69 Å². The fraction of sp³-hybridized carbons (Fsp3) is 0.333. The fourth-order valence-corrected chi connectivity index (χ4v) is 1.65. The van der Waals surface area contributed by atoms with Crippen LogP contribution in [0.3, 0.4) is 0 Å². The SMILES string of the molecule is [NH3+]C[C@@H](O)[C@@H](O)[C@H](O)c1cnn(-c2ccccc2)n1. The van der Waals surface area contributed by atoms with Crippen LogP contribution < -0.4 is 5.73 Å². The van der Waals surface area contributed by atoms with Crippen molar-refractivity contribution in [2.45, 2.75) is 18.3 Å². The first kappa shape index (κ1) is 13.6. The van der Waals surface area contributed by atoms with Crippen molar-refractivity contribution >= 4 is 0 Å². The summed E-state index contributed by atoms with van der Waals surface area (Å²) in [5.74, 6) is 0. The molecule has 2 aromatic rings. The number of quaternary nitrogens is 1. The van der Waals surface area contributed by atoms with E-state index in [-0.39, 0.29) is 12.2 Å². The third kappa shape index (κ3) is 2.96. The monoisotopic (exact) mass is 265 g/mol. The van der Waals surface area contributed by atoms with Crippen LogP contribution in [0.5, 0.6) is 0 Å². The van der Waals surface area contributed by atoms with Crippen LogP contribution in [0.15, 0.2) is 36.5 Å². The number of aliphatic hydroxyl groups excluding tert-OH is 3. The van der Waals surface area contributed by atoms with Crippen molar-refractivity contribution in [3.05, 3.63) is 42.2 Å². The van der Waals surface area contributed by atoms with E-state index in [9.17, 15) is 15.3 Å². The molecule has 0 bridgehead atoms. The molecular formula is C12H17N4O3+. The van der Waals surface area contributed by atoms with Crippen molar-refractivity contribution in [3.8, 4) is 5.69 Å². The Kier molecular flexibility index (Phi) is 4.23. The molecule has 0 saturated carbocycles. The van der Waals surface area contributed by atoms with Gasteiger partial charge < -0.3 is 21.1 Å². The van der Waals surface area contributed by atoms with Gasteiger partial charge in [0.25, 0.3) is 0 Å². The van der Waals surface area contributed by atoms with Gasteiger partial charge >= 0.3 is 0 Å². The van der Waals surface area contributed by atoms with Crippen molar-refractivity contribution in [3.63, 3.8) is 0 Å². The molecule has 0 aliphatic heterocycles. The van der Waals surface area contributed by atoms with E-state index in [1.165, 1.54) is 11.0 Å². The van der Waals surface area contributed by atoms with Crippen LogP contribution >= 0.6 is 0 Å². The molecule has 0 spiro atoms. The number of benzene rings is 1. The van der Waals surface area contributed by atoms with E-state index in [4.69, 9.17) is 0 Å². The lowest BCUT2D eigenvalue weighted by molar-refractivity contribution is -0.390. The van der Waals surface area contributed by atoms with E-state index >= 15 is 0 Å². The van der Waals surface area contributed by atoms with Gasteiger partial charge in [-0.25, -0.2) is 0 Å². The summed E-state index contributed by atoms with van der Waals surface area (Å²) in [6.07, 6.45) is -2.37. The highest BCUT2D eigenvalue weighted by Gasteiger charge is 2.28. The van der Waals surface area contributed by atoms with Gasteiger partial charge in [0.05, 0.1) is 11.9 Å². The number of rotatable bonds is 5. The Labute approximate surface area is 109 Å². The highest BCUT2D eigenvalue weighted by atomic mass is 16.4. The maximum atomic E-state index is 9.90. The van der Waals surface area contributed by atoms with E-state index in [2.05, 4.69) is 15.9 Å². The maximum Gasteiger partial charge on any atom is 0.131 e. The van der Waals surface area contributed by atoms with Crippen LogP contribution in [0.1, 0.15) is 11.8 Å². The molecule has 2 rings (SSSR count). The van der Waals surface area contributed by atoms with E-state index in [0.29, 0.717) is 0 Å². The number of nitrogens with zero attached hydrogens (tertiary/aromatic N) is 3. The molecule has 1 aromatic heterocycles. The molecule has 0 radical (unpaired) electrons. The maximum absolute atomic E-state index is 9.90. The standard InChI is InChI=1S/C12H16N4O3/c13-6-10(17)12(19)11(18)9-7-14-16(15-9)8-4-2-1-3-5-8/h1-5,7,10-12,17-19H,6,13H2/p+1/t10-,11-,12-/m1/s1. The number of hydrogen-bond donors (Lipinski definition) is 4. The highest BCUT2D eigenvalue weighted by Crippen LogP contribution is 2.16. The summed E-state index contributed by atoms with van der Waals surface area (Å²) in [4.78, 5) is 1.35. The Morgan fingerprint density at radius 1 is 1.16 bits per heavy atom. The minimum absolute atomic E-state index is 0.102. The van der Waals surface area contributed by atoms with Gasteiger partial charge in [-0.2, -0.15) is 15.0 Å². The largest absolute Gasteiger partial charge is 0.387 e. The lowest BCUT2D eigenvalue weighted by atomic mass is 10.1. The van der Waals surface area contributed by atoms with E-state index in [1.54, 1.807) is 0 Å². The van der Waals surface area contributed by atoms with Crippen molar-refractivity contribution < 1.29 is 21.1 Å². The fourth-order valence-electron chi connectivity index (χ4n) is 1.65. The zero-order chi connectivity index (χ0) is 13.8. The Balaban J connectivity index is 2.17. The minimum atomic E-state index is -1.33. The summed E-state index contributed by atoms with van der Waals surface area (Å²) in [6, 6.07) is 9.19. The molecular weight excluding hydrogens is 248 g/mol. The lowest BCUT2D eigenvalue weighted by Crippen LogP contribution is -2.59. The molecule has 6 N–H and O–H groups in total. The Hall–Kier alpha value is -1.80. The van der Waals surface area contributed by atoms with Gasteiger partial charge in [-0.05, 0) is 12.1 Å². The molecule has 3 atom stereocenters. The van der Waals surface area contributed by atoms with Crippen LogP contribution in [-0.4, -0.2) is 49.1 Å². The summed E-state index contributed by atoms with van der Waals surface area (Å²) in [5, 5.41) is 37.1. The number of para-hydroxylation sites is 1. The van der Waals surface area contributed by atoms with Gasteiger partial charge in [0, 0.05) is 0 Å². The van der Waals surface area contributed by atoms with Crippen LogP contribution in [0, 0.1) is 0 Å². The van der Waals surface area contributed by atoms with Crippen LogP contribution in [0.25, 0.3) is 5.69 Å². The number of aromatic nitrogens is 3. The zero-order valence-electron chi connectivity index (χ0n) is 10.3. The summed E-state index contributed by atoms with van der Waals surface area (Å²) >= 11 is 0. The topological polar surface area (TPSA) is 119 Å². The average Bonchev–Trinajstić information content (AvgIpc) is 2.95. The molecule has 102 valence electrons. The average molecular weight is 265 g/mol. The number of hydrogen-bond acceptors (Lipinski definition) is 5. The second-order valence-electron chi connectivity index (χ2n) is 4.19. The first-order valence-electron chi connectivity index (χ1n) is 5.94. The first-order valence-corrected chi connectivity index (χ1v) is 5.94. The van der Waals surface area contributed by atoms with E-state index < -0.39 is 18.3 Å². The quantitative estimate of drug-likeness (QED) is 0.512. The van der Waals surface area contributed by atoms with Crippen molar-refractivity contribution in [2.75, 3.05) is 6.54 Å². The summed E-state index contributed by atoms with van der Waals surface area (Å²) in [5.41, 5.74) is 4.41. The summed E-state index contributed by atoms with van der Waals surface area (Å²) < 4.78 is 0. The molecule has 0 saturated heterocycles. The van der Waals surface area contributed by atoms with Crippen molar-refractivity contribution in [2.24, 2.45) is 0 Å². The number of aliphatic hydroxyl groups is 3. The van der Waals surface area contributed by atoms with Crippen molar-refractivity contribution in [1.82, 2.24) is 15.0 Å². The molecule has 1 aromatic carbocycles. The predicted molar refractivity (Wildman–Crippen MR) is 66.1 cm³/mol. The lowest BCUT2D eigenvalue weighted by Gasteiger charge is -2.18. The summed E-state index contributed by atoms with van der Waals surface area (Å²) in [6.45, 7) is 0.102. The first-order chi connectivity index (χ1) is 9.13. The zero-order valence-corrected chi connectivity index (χ0v) is 10.3. The third-order valence-electron chi connectivity index (χ3n) is 2.81. The molecule has 7 nitrogen and oxygen atoms in total. The molecule has 0 unspecified atom stereocenters. The summed E-state index contributed by atoms with van der Waals surface area (Å²) in [7, 11) is 0. The molecule has 0 aliphatic carbocycles. The van der Waals surface area contributed by atoms with Gasteiger partial charge in [0.15, 0.2) is 0 Å². The van der Waals surface area contributed by atoms with Crippen LogP contribution in [0.2, 0.25) is 0 Å². The highest BCUT2D eigenvalue weighted by molar-refractivity contribution is 5.28. The van der Waals surface area contributed by atoms with Gasteiger partial charge in [-0.3, -0.25) is 0 Å². The minimum Gasteiger partial charge on any atom is -0.387 e. The third-order valence-corrected chi connectivity index (χ3v) is 2.81. The molecule has 0 aliphatic rings. The Morgan fingerprint density at radius 3 is 2.47 bits per heavy atom. The van der Waals surface area contributed by atoms with Crippen LogP contribution in [-0.2, 0) is 0 Å². The molecule has 7 heteroatoms. The van der Waals surface area contributed by atoms with Gasteiger partial charge in [0.1, 0.15) is 30.6 Å². The van der Waals surface area contributed by atoms with E-state index in [1.807, 2.05) is 30.3 Å². The Morgan fingerprint density at radius 2 is 1.84 bits per heavy atom. The second-order valence-corrected chi connectivity index (χ2v) is 4.19. The molecule has 19 heavy (non-hydrogen) atoms. The van der Waals surface area contributed by atoms with Gasteiger partial charge in [-0.1, -0.05) is 18.2 Å². The van der Waals surface area contributed by atoms with Gasteiger partial charge in [-0.15, -0.1) is 0 Å².